The summed E-state index contributed by atoms with van der Waals surface area (Å²) >= 11 is 0. The Labute approximate surface area is 145 Å². The molecule has 0 spiro atoms. The number of esters is 1. The molecule has 1 amide bonds. The van der Waals surface area contributed by atoms with Crippen LogP contribution < -0.4 is 15.5 Å². The summed E-state index contributed by atoms with van der Waals surface area (Å²) in [5.74, 6) is -1.31. The number of benzene rings is 1. The Bertz CT molecular complexity index is 666. The maximum atomic E-state index is 13.9. The van der Waals surface area contributed by atoms with Crippen molar-refractivity contribution in [3.63, 3.8) is 0 Å². The Morgan fingerprint density at radius 3 is 2.56 bits per heavy atom. The predicted octanol–water partition coefficient (Wildman–Crippen LogP) is 1.94. The molecule has 10 heteroatoms. The molecule has 1 rings (SSSR count). The summed E-state index contributed by atoms with van der Waals surface area (Å²) < 4.78 is 24.5. The van der Waals surface area contributed by atoms with Gasteiger partial charge in [-0.25, -0.2) is 19.2 Å². The number of halogens is 1. The molecule has 0 unspecified atom stereocenters. The van der Waals surface area contributed by atoms with Gasteiger partial charge in [0.1, 0.15) is 17.3 Å². The molecule has 0 aliphatic heterocycles. The van der Waals surface area contributed by atoms with E-state index in [1.165, 1.54) is 39.0 Å². The number of carbonyl (C=O) groups excluding carboxylic acids is 2. The van der Waals surface area contributed by atoms with Gasteiger partial charge < -0.3 is 15.2 Å². The Kier molecular flexibility index (Phi) is 6.66. The number of ether oxygens (including phenoxy) is 2. The zero-order chi connectivity index (χ0) is 19.2. The molecule has 0 aromatic heterocycles. The summed E-state index contributed by atoms with van der Waals surface area (Å²) in [6.07, 6.45) is 0.456. The van der Waals surface area contributed by atoms with Crippen LogP contribution in [0, 0.1) is 5.82 Å². The second-order valence-electron chi connectivity index (χ2n) is 5.56. The third-order valence-corrected chi connectivity index (χ3v) is 3.03. The molecule has 0 bridgehead atoms. The Morgan fingerprint density at radius 1 is 1.36 bits per heavy atom. The molecule has 0 saturated heterocycles. The lowest BCUT2D eigenvalue weighted by atomic mass is 10.1. The average Bonchev–Trinajstić information content (AvgIpc) is 2.55. The number of hydrogen-bond acceptors (Lipinski definition) is 7. The van der Waals surface area contributed by atoms with Crippen LogP contribution >= 0.6 is 0 Å². The van der Waals surface area contributed by atoms with Crippen LogP contribution in [0.5, 0.6) is 5.75 Å². The largest absolute Gasteiger partial charge is 0.474 e. The number of rotatable bonds is 8. The Hall–Kier alpha value is -2.91. The van der Waals surface area contributed by atoms with Crippen molar-refractivity contribution in [3.05, 3.63) is 17.9 Å². The zero-order valence-corrected chi connectivity index (χ0v) is 14.8. The van der Waals surface area contributed by atoms with Crippen LogP contribution in [-0.4, -0.2) is 43.7 Å². The van der Waals surface area contributed by atoms with Crippen LogP contribution in [0.2, 0.25) is 0 Å². The fourth-order valence-electron chi connectivity index (χ4n) is 1.71. The van der Waals surface area contributed by atoms with Crippen molar-refractivity contribution in [1.82, 2.24) is 5.01 Å². The lowest BCUT2D eigenvalue weighted by molar-refractivity contribution is -0.158. The molecule has 9 nitrogen and oxygen atoms in total. The minimum absolute atomic E-state index is 0.0139. The van der Waals surface area contributed by atoms with Crippen LogP contribution in [0.1, 0.15) is 20.8 Å². The number of nitrogen functional groups attached to an aromatic ring is 1. The van der Waals surface area contributed by atoms with Crippen molar-refractivity contribution >= 4 is 23.8 Å². The number of nitrogens with two attached hydrogens (primary N) is 1. The number of carbonyl (C=O) groups is 2. The van der Waals surface area contributed by atoms with E-state index in [2.05, 4.69) is 10.4 Å². The van der Waals surface area contributed by atoms with Crippen LogP contribution in [0.4, 0.5) is 15.8 Å². The first-order valence-electron chi connectivity index (χ1n) is 7.41. The molecule has 2 N–H and O–H groups in total. The van der Waals surface area contributed by atoms with E-state index >= 15 is 0 Å². The second kappa shape index (κ2) is 8.27. The monoisotopic (exact) mass is 355 g/mol. The second-order valence-corrected chi connectivity index (χ2v) is 5.56. The third kappa shape index (κ3) is 5.30. The quantitative estimate of drug-likeness (QED) is 0.251. The summed E-state index contributed by atoms with van der Waals surface area (Å²) in [7, 11) is 2.89. The maximum absolute atomic E-state index is 13.9. The summed E-state index contributed by atoms with van der Waals surface area (Å²) in [6, 6.07) is 2.33. The van der Waals surface area contributed by atoms with Gasteiger partial charge in [-0.05, 0) is 37.3 Å². The first-order valence-corrected chi connectivity index (χ1v) is 7.41. The van der Waals surface area contributed by atoms with Crippen molar-refractivity contribution in [3.8, 4) is 5.75 Å². The molecule has 0 fully saturated rings. The summed E-state index contributed by atoms with van der Waals surface area (Å²) in [6.45, 7) is 4.83. The number of amides is 1. The summed E-state index contributed by atoms with van der Waals surface area (Å²) in [5.41, 5.74) is 4.34. The highest BCUT2D eigenvalue weighted by atomic mass is 19.1. The van der Waals surface area contributed by atoms with Gasteiger partial charge in [-0.3, -0.25) is 4.79 Å². The molecule has 25 heavy (non-hydrogen) atoms. The molecule has 0 aliphatic carbocycles. The molecule has 138 valence electrons. The van der Waals surface area contributed by atoms with E-state index < -0.39 is 17.4 Å². The van der Waals surface area contributed by atoms with Gasteiger partial charge in [-0.1, -0.05) is 0 Å². The van der Waals surface area contributed by atoms with Crippen molar-refractivity contribution in [2.45, 2.75) is 26.4 Å². The van der Waals surface area contributed by atoms with Gasteiger partial charge in [0.2, 0.25) is 6.41 Å². The van der Waals surface area contributed by atoms with Crippen molar-refractivity contribution in [2.75, 3.05) is 31.4 Å². The van der Waals surface area contributed by atoms with Gasteiger partial charge in [0.15, 0.2) is 5.60 Å². The Morgan fingerprint density at radius 2 is 2.00 bits per heavy atom. The van der Waals surface area contributed by atoms with Gasteiger partial charge in [0.25, 0.3) is 0 Å². The zero-order valence-electron chi connectivity index (χ0n) is 14.8. The summed E-state index contributed by atoms with van der Waals surface area (Å²) in [4.78, 5) is 22.5. The fraction of sp³-hybridized carbons (Fsp3) is 0.467. The van der Waals surface area contributed by atoms with E-state index in [4.69, 9.17) is 15.2 Å². The minimum atomic E-state index is -1.37. The van der Waals surface area contributed by atoms with Crippen LogP contribution in [0.15, 0.2) is 22.6 Å². The maximum Gasteiger partial charge on any atom is 0.349 e. The molecule has 1 aromatic rings. The predicted molar refractivity (Wildman–Crippen MR) is 89.2 cm³/mol. The topological polar surface area (TPSA) is 110 Å². The van der Waals surface area contributed by atoms with Crippen molar-refractivity contribution in [2.24, 2.45) is 10.4 Å². The van der Waals surface area contributed by atoms with Crippen molar-refractivity contribution < 1.29 is 23.5 Å². The molecule has 0 aliphatic rings. The molecule has 0 atom stereocenters. The van der Waals surface area contributed by atoms with Gasteiger partial charge >= 0.3 is 5.97 Å². The minimum Gasteiger partial charge on any atom is -0.474 e. The van der Waals surface area contributed by atoms with Gasteiger partial charge in [-0.15, -0.1) is 0 Å². The average molecular weight is 355 g/mol. The molecule has 1 aromatic carbocycles. The molecule has 0 heterocycles. The standard InChI is InChI=1S/C15H22FN5O4/c1-6-24-14(23)15(2,3)25-13-7-10(16)11(17)8-12(13)21(5)19-18-20(4)9-22/h7-9H,6,17H2,1-5H3/b19-18-. The van der Waals surface area contributed by atoms with Crippen LogP contribution in [0.25, 0.3) is 0 Å². The number of hydrogen-bond donors (Lipinski definition) is 1. The highest BCUT2D eigenvalue weighted by Gasteiger charge is 2.33. The highest BCUT2D eigenvalue weighted by molar-refractivity contribution is 5.79. The summed E-state index contributed by atoms with van der Waals surface area (Å²) in [5, 5.41) is 9.56. The highest BCUT2D eigenvalue weighted by Crippen LogP contribution is 2.35. The van der Waals surface area contributed by atoms with E-state index in [-0.39, 0.29) is 23.7 Å². The Balaban J connectivity index is 3.22. The van der Waals surface area contributed by atoms with Gasteiger partial charge in [0, 0.05) is 20.2 Å². The van der Waals surface area contributed by atoms with Gasteiger partial charge in [-0.2, -0.15) is 0 Å². The van der Waals surface area contributed by atoms with E-state index in [9.17, 15) is 14.0 Å². The van der Waals surface area contributed by atoms with E-state index in [1.807, 2.05) is 0 Å². The normalized spacial score (nSPS) is 11.3. The van der Waals surface area contributed by atoms with E-state index in [0.29, 0.717) is 6.41 Å². The molecule has 0 radical (unpaired) electrons. The van der Waals surface area contributed by atoms with Crippen LogP contribution in [-0.2, 0) is 14.3 Å². The lowest BCUT2D eigenvalue weighted by Gasteiger charge is -2.27. The van der Waals surface area contributed by atoms with E-state index in [0.717, 1.165) is 11.1 Å². The fourth-order valence-corrected chi connectivity index (χ4v) is 1.71. The smallest absolute Gasteiger partial charge is 0.349 e. The van der Waals surface area contributed by atoms with Crippen molar-refractivity contribution in [1.29, 1.82) is 0 Å². The lowest BCUT2D eigenvalue weighted by Crippen LogP contribution is -2.40. The number of nitrogens with zero attached hydrogens (tertiary/aromatic N) is 4. The van der Waals surface area contributed by atoms with E-state index in [1.54, 1.807) is 6.92 Å². The molecular formula is C15H22FN5O4. The number of anilines is 2. The first kappa shape index (κ1) is 20.1. The first-order chi connectivity index (χ1) is 11.6. The molecular weight excluding hydrogens is 333 g/mol. The third-order valence-electron chi connectivity index (χ3n) is 3.03. The SMILES string of the molecule is CCOC(=O)C(C)(C)Oc1cc(F)c(N)cc1N(C)/N=N\N(C)C=O. The van der Waals surface area contributed by atoms with Crippen LogP contribution in [0.3, 0.4) is 0 Å². The van der Waals surface area contributed by atoms with Gasteiger partial charge in [0.05, 0.1) is 12.3 Å². The molecule has 0 saturated carbocycles.